The lowest BCUT2D eigenvalue weighted by Crippen LogP contribution is -2.05. The minimum absolute atomic E-state index is 0.0204. The highest BCUT2D eigenvalue weighted by atomic mass is 32.1. The third-order valence-electron chi connectivity index (χ3n) is 4.32. The zero-order chi connectivity index (χ0) is 17.9. The maximum absolute atomic E-state index is 13.1. The topological polar surface area (TPSA) is 30.0 Å². The summed E-state index contributed by atoms with van der Waals surface area (Å²) in [5.41, 5.74) is 4.31. The van der Waals surface area contributed by atoms with Crippen LogP contribution in [-0.2, 0) is 0 Å². The van der Waals surface area contributed by atoms with Gasteiger partial charge in [0.1, 0.15) is 0 Å². The molecule has 0 N–H and O–H groups in total. The molecular formula is C23H17NOS. The van der Waals surface area contributed by atoms with Crippen LogP contribution in [0.1, 0.15) is 20.9 Å². The smallest absolute Gasteiger partial charge is 0.188 e. The Morgan fingerprint density at radius 2 is 1.73 bits per heavy atom. The van der Waals surface area contributed by atoms with Crippen LogP contribution < -0.4 is 0 Å². The monoisotopic (exact) mass is 355 g/mol. The number of ketones is 1. The SMILES string of the molecule is Cc1nc2ccccc2c(-c2ccccc2)c1C(=O)/C=C/c1cccs1. The van der Waals surface area contributed by atoms with Crippen LogP contribution in [0.15, 0.2) is 78.2 Å². The van der Waals surface area contributed by atoms with Gasteiger partial charge in [0.05, 0.1) is 11.1 Å². The number of pyridine rings is 1. The van der Waals surface area contributed by atoms with Gasteiger partial charge >= 0.3 is 0 Å². The van der Waals surface area contributed by atoms with E-state index in [9.17, 15) is 4.79 Å². The molecule has 3 heteroatoms. The molecular weight excluding hydrogens is 338 g/mol. The second kappa shape index (κ2) is 7.06. The lowest BCUT2D eigenvalue weighted by atomic mass is 9.92. The number of para-hydroxylation sites is 1. The Bertz CT molecular complexity index is 1100. The van der Waals surface area contributed by atoms with Crippen LogP contribution in [-0.4, -0.2) is 10.8 Å². The first-order chi connectivity index (χ1) is 12.7. The van der Waals surface area contributed by atoms with Crippen molar-refractivity contribution in [1.82, 2.24) is 4.98 Å². The van der Waals surface area contributed by atoms with Crippen molar-refractivity contribution in [3.05, 3.63) is 94.3 Å². The van der Waals surface area contributed by atoms with E-state index in [0.29, 0.717) is 5.56 Å². The van der Waals surface area contributed by atoms with Crippen molar-refractivity contribution < 1.29 is 4.79 Å². The van der Waals surface area contributed by atoms with E-state index in [2.05, 4.69) is 4.98 Å². The van der Waals surface area contributed by atoms with Crippen molar-refractivity contribution in [1.29, 1.82) is 0 Å². The Morgan fingerprint density at radius 1 is 0.962 bits per heavy atom. The zero-order valence-electron chi connectivity index (χ0n) is 14.3. The number of benzene rings is 2. The largest absolute Gasteiger partial charge is 0.289 e. The number of allylic oxidation sites excluding steroid dienone is 1. The number of aromatic nitrogens is 1. The summed E-state index contributed by atoms with van der Waals surface area (Å²) >= 11 is 1.61. The van der Waals surface area contributed by atoms with E-state index in [-0.39, 0.29) is 5.78 Å². The average Bonchev–Trinajstić information content (AvgIpc) is 3.19. The number of carbonyl (C=O) groups excluding carboxylic acids is 1. The van der Waals surface area contributed by atoms with Crippen molar-refractivity contribution >= 4 is 34.1 Å². The van der Waals surface area contributed by atoms with Gasteiger partial charge in [0, 0.05) is 21.5 Å². The van der Waals surface area contributed by atoms with Crippen LogP contribution in [0.25, 0.3) is 28.1 Å². The standard InChI is InChI=1S/C23H17NOS/c1-16-22(21(25)14-13-18-10-7-15-26-18)23(17-8-3-2-4-9-17)19-11-5-6-12-20(19)24-16/h2-15H,1H3/b14-13+. The zero-order valence-corrected chi connectivity index (χ0v) is 15.2. The van der Waals surface area contributed by atoms with Gasteiger partial charge in [-0.2, -0.15) is 0 Å². The van der Waals surface area contributed by atoms with Crippen LogP contribution >= 0.6 is 11.3 Å². The van der Waals surface area contributed by atoms with E-state index in [4.69, 9.17) is 0 Å². The lowest BCUT2D eigenvalue weighted by molar-refractivity contribution is 0.104. The summed E-state index contributed by atoms with van der Waals surface area (Å²) < 4.78 is 0. The number of thiophene rings is 1. The second-order valence-electron chi connectivity index (χ2n) is 6.04. The Balaban J connectivity index is 1.93. The van der Waals surface area contributed by atoms with Crippen molar-refractivity contribution in [3.63, 3.8) is 0 Å². The van der Waals surface area contributed by atoms with E-state index < -0.39 is 0 Å². The van der Waals surface area contributed by atoms with E-state index in [1.54, 1.807) is 17.4 Å². The maximum atomic E-state index is 13.1. The van der Waals surface area contributed by atoms with Crippen molar-refractivity contribution in [2.45, 2.75) is 6.92 Å². The van der Waals surface area contributed by atoms with Crippen LogP contribution in [0, 0.1) is 6.92 Å². The summed E-state index contributed by atoms with van der Waals surface area (Å²) in [7, 11) is 0. The molecule has 2 aromatic carbocycles. The lowest BCUT2D eigenvalue weighted by Gasteiger charge is -2.14. The van der Waals surface area contributed by atoms with Gasteiger partial charge in [-0.3, -0.25) is 9.78 Å². The van der Waals surface area contributed by atoms with Gasteiger partial charge in [-0.25, -0.2) is 0 Å². The summed E-state index contributed by atoms with van der Waals surface area (Å²) in [6.45, 7) is 1.91. The molecule has 0 atom stereocenters. The number of hydrogen-bond donors (Lipinski definition) is 0. The van der Waals surface area contributed by atoms with E-state index >= 15 is 0 Å². The molecule has 126 valence electrons. The number of aryl methyl sites for hydroxylation is 1. The van der Waals surface area contributed by atoms with Crippen LogP contribution in [0.3, 0.4) is 0 Å². The van der Waals surface area contributed by atoms with Crippen LogP contribution in [0.2, 0.25) is 0 Å². The number of hydrogen-bond acceptors (Lipinski definition) is 3. The predicted octanol–water partition coefficient (Wildman–Crippen LogP) is 6.17. The first-order valence-corrected chi connectivity index (χ1v) is 9.32. The molecule has 0 fully saturated rings. The molecule has 2 heterocycles. The highest BCUT2D eigenvalue weighted by Crippen LogP contribution is 2.33. The first kappa shape index (κ1) is 16.4. The number of carbonyl (C=O) groups is 1. The van der Waals surface area contributed by atoms with Gasteiger partial charge in [-0.1, -0.05) is 54.6 Å². The van der Waals surface area contributed by atoms with E-state index in [0.717, 1.165) is 32.6 Å². The van der Waals surface area contributed by atoms with Crippen molar-refractivity contribution in [3.8, 4) is 11.1 Å². The summed E-state index contributed by atoms with van der Waals surface area (Å²) in [6, 6.07) is 22.0. The Hall–Kier alpha value is -3.04. The van der Waals surface area contributed by atoms with Gasteiger partial charge in [0.25, 0.3) is 0 Å². The van der Waals surface area contributed by atoms with Crippen molar-refractivity contribution in [2.75, 3.05) is 0 Å². The molecule has 0 radical (unpaired) electrons. The molecule has 0 unspecified atom stereocenters. The molecule has 2 nitrogen and oxygen atoms in total. The fourth-order valence-corrected chi connectivity index (χ4v) is 3.79. The number of nitrogens with zero attached hydrogens (tertiary/aromatic N) is 1. The normalized spacial score (nSPS) is 11.3. The van der Waals surface area contributed by atoms with Gasteiger partial charge in [0.15, 0.2) is 5.78 Å². The van der Waals surface area contributed by atoms with Crippen molar-refractivity contribution in [2.24, 2.45) is 0 Å². The highest BCUT2D eigenvalue weighted by Gasteiger charge is 2.18. The highest BCUT2D eigenvalue weighted by molar-refractivity contribution is 7.10. The Labute approximate surface area is 156 Å². The Morgan fingerprint density at radius 3 is 2.50 bits per heavy atom. The van der Waals surface area contributed by atoms with E-state index in [1.807, 2.05) is 85.1 Å². The summed E-state index contributed by atoms with van der Waals surface area (Å²) in [5, 5.41) is 3.00. The number of rotatable bonds is 4. The Kier molecular flexibility index (Phi) is 4.46. The first-order valence-electron chi connectivity index (χ1n) is 8.45. The third kappa shape index (κ3) is 3.09. The molecule has 0 amide bonds. The van der Waals surface area contributed by atoms with E-state index in [1.165, 1.54) is 0 Å². The fraction of sp³-hybridized carbons (Fsp3) is 0.0435. The number of fused-ring (bicyclic) bond motifs is 1. The molecule has 4 aromatic rings. The fourth-order valence-electron chi connectivity index (χ4n) is 3.17. The minimum Gasteiger partial charge on any atom is -0.289 e. The molecule has 0 saturated heterocycles. The average molecular weight is 355 g/mol. The summed E-state index contributed by atoms with van der Waals surface area (Å²) in [5.74, 6) is -0.0204. The molecule has 0 aliphatic rings. The molecule has 0 spiro atoms. The minimum atomic E-state index is -0.0204. The molecule has 26 heavy (non-hydrogen) atoms. The molecule has 0 saturated carbocycles. The van der Waals surface area contributed by atoms with Gasteiger partial charge in [0.2, 0.25) is 0 Å². The van der Waals surface area contributed by atoms with Crippen LogP contribution in [0.4, 0.5) is 0 Å². The molecule has 2 aromatic heterocycles. The molecule has 4 rings (SSSR count). The summed E-state index contributed by atoms with van der Waals surface area (Å²) in [6.07, 6.45) is 3.52. The molecule has 0 aliphatic heterocycles. The maximum Gasteiger partial charge on any atom is 0.188 e. The van der Waals surface area contributed by atoms with Gasteiger partial charge in [-0.15, -0.1) is 11.3 Å². The molecule has 0 bridgehead atoms. The predicted molar refractivity (Wildman–Crippen MR) is 110 cm³/mol. The van der Waals surface area contributed by atoms with Crippen LogP contribution in [0.5, 0.6) is 0 Å². The summed E-state index contributed by atoms with van der Waals surface area (Å²) in [4.78, 5) is 18.8. The third-order valence-corrected chi connectivity index (χ3v) is 5.16. The van der Waals surface area contributed by atoms with Gasteiger partial charge in [-0.05, 0) is 42.2 Å². The molecule has 0 aliphatic carbocycles. The second-order valence-corrected chi connectivity index (χ2v) is 7.02. The quantitative estimate of drug-likeness (QED) is 0.324. The van der Waals surface area contributed by atoms with Gasteiger partial charge < -0.3 is 0 Å².